The second-order valence-electron chi connectivity index (χ2n) is 5.33. The Morgan fingerprint density at radius 2 is 1.46 bits per heavy atom. The minimum Gasteiger partial charge on any atom is -0.489 e. The SMILES string of the molecule is CCc1cc(N)cc(CC)c1N.Nc1ccc(N)c(OCCO)c1. The topological polar surface area (TPSA) is 134 Å². The standard InChI is InChI=1S/C10H16N2.C8H12N2O2/c1-3-7-5-9(11)6-8(4-2)10(7)12;9-6-1-2-7(10)8(5-6)12-4-3-11/h5-6H,3-4,11-12H2,1-2H3;1-2,5,11H,3-4,9-10H2. The van der Waals surface area contributed by atoms with Gasteiger partial charge in [-0.1, -0.05) is 13.8 Å². The van der Waals surface area contributed by atoms with Crippen molar-refractivity contribution < 1.29 is 9.84 Å². The highest BCUT2D eigenvalue weighted by atomic mass is 16.5. The van der Waals surface area contributed by atoms with Crippen LogP contribution in [0.1, 0.15) is 25.0 Å². The average molecular weight is 332 g/mol. The summed E-state index contributed by atoms with van der Waals surface area (Å²) >= 11 is 0. The third kappa shape index (κ3) is 5.55. The lowest BCUT2D eigenvalue weighted by Gasteiger charge is -2.09. The molecule has 0 fully saturated rings. The number of aliphatic hydroxyl groups is 1. The average Bonchev–Trinajstić information content (AvgIpc) is 2.58. The molecule has 24 heavy (non-hydrogen) atoms. The van der Waals surface area contributed by atoms with E-state index in [4.69, 9.17) is 32.8 Å². The fourth-order valence-electron chi connectivity index (χ4n) is 2.22. The van der Waals surface area contributed by atoms with Crippen LogP contribution in [-0.4, -0.2) is 18.3 Å². The Hall–Kier alpha value is -2.60. The molecule has 0 aliphatic carbocycles. The maximum absolute atomic E-state index is 8.49. The smallest absolute Gasteiger partial charge is 0.144 e. The Morgan fingerprint density at radius 3 is 1.96 bits per heavy atom. The molecule has 6 nitrogen and oxygen atoms in total. The normalized spacial score (nSPS) is 9.96. The van der Waals surface area contributed by atoms with E-state index in [0.717, 1.165) is 35.3 Å². The highest BCUT2D eigenvalue weighted by Crippen LogP contribution is 2.23. The summed E-state index contributed by atoms with van der Waals surface area (Å²) in [4.78, 5) is 0. The van der Waals surface area contributed by atoms with Crippen LogP contribution in [0.25, 0.3) is 0 Å². The quantitative estimate of drug-likeness (QED) is 0.533. The number of aliphatic hydroxyl groups excluding tert-OH is 1. The maximum Gasteiger partial charge on any atom is 0.144 e. The van der Waals surface area contributed by atoms with Crippen LogP contribution in [0, 0.1) is 0 Å². The van der Waals surface area contributed by atoms with Crippen molar-refractivity contribution in [3.05, 3.63) is 41.5 Å². The van der Waals surface area contributed by atoms with Gasteiger partial charge in [0.2, 0.25) is 0 Å². The number of hydrogen-bond donors (Lipinski definition) is 5. The van der Waals surface area contributed by atoms with Gasteiger partial charge >= 0.3 is 0 Å². The van der Waals surface area contributed by atoms with Crippen molar-refractivity contribution in [2.24, 2.45) is 0 Å². The second kappa shape index (κ2) is 9.52. The van der Waals surface area contributed by atoms with E-state index in [1.165, 1.54) is 0 Å². The lowest BCUT2D eigenvalue weighted by Crippen LogP contribution is -2.04. The summed E-state index contributed by atoms with van der Waals surface area (Å²) in [5, 5.41) is 8.49. The summed E-state index contributed by atoms with van der Waals surface area (Å²) in [6.07, 6.45) is 1.90. The molecule has 6 heteroatoms. The van der Waals surface area contributed by atoms with E-state index in [1.807, 2.05) is 12.1 Å². The maximum atomic E-state index is 8.49. The Balaban J connectivity index is 0.000000240. The van der Waals surface area contributed by atoms with Gasteiger partial charge in [0.15, 0.2) is 0 Å². The van der Waals surface area contributed by atoms with Crippen molar-refractivity contribution in [2.45, 2.75) is 26.7 Å². The number of ether oxygens (including phenoxy) is 1. The molecule has 0 aliphatic heterocycles. The number of hydrogen-bond acceptors (Lipinski definition) is 6. The summed E-state index contributed by atoms with van der Waals surface area (Å²) in [5.74, 6) is 0.518. The van der Waals surface area contributed by atoms with E-state index in [2.05, 4.69) is 13.8 Å². The molecule has 0 amide bonds. The van der Waals surface area contributed by atoms with Gasteiger partial charge in [0.05, 0.1) is 12.3 Å². The minimum atomic E-state index is -0.0335. The third-order valence-electron chi connectivity index (χ3n) is 3.52. The lowest BCUT2D eigenvalue weighted by molar-refractivity contribution is 0.202. The van der Waals surface area contributed by atoms with Crippen LogP contribution in [0.3, 0.4) is 0 Å². The molecule has 0 radical (unpaired) electrons. The van der Waals surface area contributed by atoms with Crippen LogP contribution in [0.4, 0.5) is 22.7 Å². The Kier molecular flexibility index (Phi) is 7.71. The minimum absolute atomic E-state index is 0.0335. The first-order chi connectivity index (χ1) is 11.4. The summed E-state index contributed by atoms with van der Waals surface area (Å²) < 4.78 is 5.11. The van der Waals surface area contributed by atoms with E-state index in [0.29, 0.717) is 17.1 Å². The zero-order chi connectivity index (χ0) is 18.1. The molecule has 0 heterocycles. The first kappa shape index (κ1) is 19.4. The van der Waals surface area contributed by atoms with Crippen molar-refractivity contribution in [1.82, 2.24) is 0 Å². The molecule has 0 spiro atoms. The predicted octanol–water partition coefficient (Wildman–Crippen LogP) is 2.20. The number of rotatable bonds is 5. The molecule has 0 bridgehead atoms. The van der Waals surface area contributed by atoms with E-state index in [1.54, 1.807) is 18.2 Å². The molecule has 9 N–H and O–H groups in total. The first-order valence-corrected chi connectivity index (χ1v) is 7.98. The molecule has 2 aromatic carbocycles. The number of anilines is 4. The molecule has 0 aromatic heterocycles. The van der Waals surface area contributed by atoms with Gasteiger partial charge in [0.1, 0.15) is 12.4 Å². The van der Waals surface area contributed by atoms with Gasteiger partial charge in [-0.2, -0.15) is 0 Å². The largest absolute Gasteiger partial charge is 0.489 e. The van der Waals surface area contributed by atoms with Crippen LogP contribution in [0.15, 0.2) is 30.3 Å². The van der Waals surface area contributed by atoms with Gasteiger partial charge in [-0.3, -0.25) is 0 Å². The molecule has 0 unspecified atom stereocenters. The van der Waals surface area contributed by atoms with Gasteiger partial charge in [0, 0.05) is 23.1 Å². The Bertz CT molecular complexity index is 634. The fraction of sp³-hybridized carbons (Fsp3) is 0.333. The van der Waals surface area contributed by atoms with E-state index >= 15 is 0 Å². The number of benzene rings is 2. The van der Waals surface area contributed by atoms with Crippen LogP contribution in [0.5, 0.6) is 5.75 Å². The lowest BCUT2D eigenvalue weighted by atomic mass is 10.0. The molecule has 0 aliphatic rings. The van der Waals surface area contributed by atoms with Crippen LogP contribution >= 0.6 is 0 Å². The Labute approximate surface area is 143 Å². The van der Waals surface area contributed by atoms with E-state index < -0.39 is 0 Å². The predicted molar refractivity (Wildman–Crippen MR) is 102 cm³/mol. The van der Waals surface area contributed by atoms with Crippen molar-refractivity contribution >= 4 is 22.7 Å². The molecule has 0 saturated heterocycles. The third-order valence-corrected chi connectivity index (χ3v) is 3.52. The van der Waals surface area contributed by atoms with Gasteiger partial charge < -0.3 is 32.8 Å². The molecule has 132 valence electrons. The van der Waals surface area contributed by atoms with Crippen LogP contribution < -0.4 is 27.7 Å². The van der Waals surface area contributed by atoms with Gasteiger partial charge in [0.25, 0.3) is 0 Å². The van der Waals surface area contributed by atoms with Crippen molar-refractivity contribution in [3.8, 4) is 5.75 Å². The monoisotopic (exact) mass is 332 g/mol. The van der Waals surface area contributed by atoms with Gasteiger partial charge in [-0.05, 0) is 48.2 Å². The summed E-state index contributed by atoms with van der Waals surface area (Å²) in [5.41, 5.74) is 27.9. The molecule has 0 atom stereocenters. The second-order valence-corrected chi connectivity index (χ2v) is 5.33. The van der Waals surface area contributed by atoms with Crippen LogP contribution in [0.2, 0.25) is 0 Å². The van der Waals surface area contributed by atoms with Crippen molar-refractivity contribution in [2.75, 3.05) is 36.1 Å². The van der Waals surface area contributed by atoms with Crippen molar-refractivity contribution in [3.63, 3.8) is 0 Å². The summed E-state index contributed by atoms with van der Waals surface area (Å²) in [6, 6.07) is 8.90. The zero-order valence-corrected chi connectivity index (χ0v) is 14.4. The molecule has 2 aromatic rings. The molecular formula is C18H28N4O2. The molecular weight excluding hydrogens is 304 g/mol. The van der Waals surface area contributed by atoms with E-state index in [-0.39, 0.29) is 13.2 Å². The Morgan fingerprint density at radius 1 is 0.875 bits per heavy atom. The van der Waals surface area contributed by atoms with Gasteiger partial charge in [-0.15, -0.1) is 0 Å². The van der Waals surface area contributed by atoms with Crippen molar-refractivity contribution in [1.29, 1.82) is 0 Å². The zero-order valence-electron chi connectivity index (χ0n) is 14.4. The fourth-order valence-corrected chi connectivity index (χ4v) is 2.22. The van der Waals surface area contributed by atoms with E-state index in [9.17, 15) is 0 Å². The summed E-state index contributed by atoms with van der Waals surface area (Å²) in [6.45, 7) is 4.37. The molecule has 0 saturated carbocycles. The van der Waals surface area contributed by atoms with Gasteiger partial charge in [-0.25, -0.2) is 0 Å². The van der Waals surface area contributed by atoms with Crippen LogP contribution in [-0.2, 0) is 12.8 Å². The number of aryl methyl sites for hydroxylation is 2. The highest BCUT2D eigenvalue weighted by Gasteiger charge is 2.03. The first-order valence-electron chi connectivity index (χ1n) is 7.98. The number of nitrogen functional groups attached to an aromatic ring is 4. The number of nitrogens with two attached hydrogens (primary N) is 4. The highest BCUT2D eigenvalue weighted by molar-refractivity contribution is 5.61. The molecule has 2 rings (SSSR count). The summed E-state index contributed by atoms with van der Waals surface area (Å²) in [7, 11) is 0.